The molecule has 0 bridgehead atoms. The van der Waals surface area contributed by atoms with Crippen LogP contribution in [0.4, 0.5) is 11.5 Å². The molecule has 7 nitrogen and oxygen atoms in total. The van der Waals surface area contributed by atoms with Gasteiger partial charge in [0.05, 0.1) is 11.0 Å². The van der Waals surface area contributed by atoms with Crippen LogP contribution < -0.4 is 5.32 Å². The van der Waals surface area contributed by atoms with Gasteiger partial charge in [0, 0.05) is 16.8 Å². The summed E-state index contributed by atoms with van der Waals surface area (Å²) in [5.74, 6) is 0.492. The van der Waals surface area contributed by atoms with Crippen molar-refractivity contribution in [3.05, 3.63) is 89.5 Å². The fraction of sp³-hybridized carbons (Fsp3) is 0.0455. The van der Waals surface area contributed by atoms with Gasteiger partial charge in [-0.05, 0) is 53.2 Å². The summed E-state index contributed by atoms with van der Waals surface area (Å²) < 4.78 is 1.60. The summed E-state index contributed by atoms with van der Waals surface area (Å²) in [6, 6.07) is 22.5. The smallest absolute Gasteiger partial charge is 0.222 e. The number of nitrogens with zero attached hydrogens (tertiary/aromatic N) is 5. The standard InChI is InChI=1S/C22H16N6O/c1-14-6-5-9-17(12-14)23-21-22-25-26-27-28(22)19-13-16(10-11-18(19)24-21)20(29)15-7-3-2-4-8-15/h2-13H,1H3,(H,23,24). The summed E-state index contributed by atoms with van der Waals surface area (Å²) in [7, 11) is 0. The Morgan fingerprint density at radius 2 is 1.79 bits per heavy atom. The van der Waals surface area contributed by atoms with Gasteiger partial charge in [-0.1, -0.05) is 42.5 Å². The van der Waals surface area contributed by atoms with Gasteiger partial charge in [0.2, 0.25) is 5.65 Å². The molecule has 29 heavy (non-hydrogen) atoms. The van der Waals surface area contributed by atoms with Crippen LogP contribution in [0.3, 0.4) is 0 Å². The van der Waals surface area contributed by atoms with Crippen molar-refractivity contribution in [3.8, 4) is 0 Å². The molecule has 5 aromatic rings. The SMILES string of the molecule is Cc1cccc(Nc2nc3ccc(C(=O)c4ccccc4)cc3n3nnnc23)c1. The number of aryl methyl sites for hydroxylation is 1. The van der Waals surface area contributed by atoms with E-state index in [1.807, 2.05) is 55.5 Å². The monoisotopic (exact) mass is 380 g/mol. The third-order valence-corrected chi connectivity index (χ3v) is 4.70. The second-order valence-corrected chi connectivity index (χ2v) is 6.77. The number of rotatable bonds is 4. The Balaban J connectivity index is 1.62. The minimum absolute atomic E-state index is 0.0595. The maximum atomic E-state index is 12.8. The molecule has 0 aliphatic carbocycles. The Bertz CT molecular complexity index is 1360. The van der Waals surface area contributed by atoms with E-state index in [2.05, 4.69) is 25.8 Å². The van der Waals surface area contributed by atoms with Gasteiger partial charge in [0.1, 0.15) is 0 Å². The van der Waals surface area contributed by atoms with Crippen LogP contribution in [0.25, 0.3) is 16.7 Å². The molecule has 140 valence electrons. The summed E-state index contributed by atoms with van der Waals surface area (Å²) in [5, 5.41) is 15.3. The molecule has 0 saturated carbocycles. The summed E-state index contributed by atoms with van der Waals surface area (Å²) in [5.41, 5.74) is 5.06. The number of carbonyl (C=O) groups excluding carboxylic acids is 1. The third-order valence-electron chi connectivity index (χ3n) is 4.70. The average molecular weight is 380 g/mol. The van der Waals surface area contributed by atoms with Crippen molar-refractivity contribution in [2.24, 2.45) is 0 Å². The zero-order valence-corrected chi connectivity index (χ0v) is 15.6. The second kappa shape index (κ2) is 6.79. The van der Waals surface area contributed by atoms with Crippen LogP contribution in [-0.4, -0.2) is 30.8 Å². The number of anilines is 2. The molecule has 0 aliphatic rings. The van der Waals surface area contributed by atoms with E-state index >= 15 is 0 Å². The molecule has 0 spiro atoms. The molecule has 1 N–H and O–H groups in total. The molecular weight excluding hydrogens is 364 g/mol. The highest BCUT2D eigenvalue weighted by molar-refractivity contribution is 6.10. The number of fused-ring (bicyclic) bond motifs is 3. The van der Waals surface area contributed by atoms with Crippen molar-refractivity contribution in [2.45, 2.75) is 6.92 Å². The highest BCUT2D eigenvalue weighted by atomic mass is 16.1. The van der Waals surface area contributed by atoms with Crippen LogP contribution in [0.15, 0.2) is 72.8 Å². The van der Waals surface area contributed by atoms with E-state index in [1.165, 1.54) is 0 Å². The lowest BCUT2D eigenvalue weighted by atomic mass is 10.0. The van der Waals surface area contributed by atoms with Crippen molar-refractivity contribution in [2.75, 3.05) is 5.32 Å². The molecule has 0 amide bonds. The summed E-state index contributed by atoms with van der Waals surface area (Å²) in [4.78, 5) is 17.5. The van der Waals surface area contributed by atoms with E-state index in [4.69, 9.17) is 0 Å². The number of hydrogen-bond acceptors (Lipinski definition) is 6. The van der Waals surface area contributed by atoms with E-state index in [0.717, 1.165) is 11.3 Å². The van der Waals surface area contributed by atoms with Crippen LogP contribution in [0.5, 0.6) is 0 Å². The van der Waals surface area contributed by atoms with Gasteiger partial charge in [-0.3, -0.25) is 4.79 Å². The zero-order chi connectivity index (χ0) is 19.8. The molecule has 0 unspecified atom stereocenters. The molecule has 5 rings (SSSR count). The summed E-state index contributed by atoms with van der Waals surface area (Å²) in [6.45, 7) is 2.03. The largest absolute Gasteiger partial charge is 0.337 e. The molecule has 2 heterocycles. The topological polar surface area (TPSA) is 85.1 Å². The fourth-order valence-electron chi connectivity index (χ4n) is 3.30. The molecule has 0 atom stereocenters. The van der Waals surface area contributed by atoms with Crippen molar-refractivity contribution >= 4 is 34.0 Å². The van der Waals surface area contributed by atoms with Gasteiger partial charge < -0.3 is 5.32 Å². The Kier molecular flexibility index (Phi) is 3.98. The number of ketones is 1. The van der Waals surface area contributed by atoms with Gasteiger partial charge >= 0.3 is 0 Å². The first kappa shape index (κ1) is 17.0. The highest BCUT2D eigenvalue weighted by Gasteiger charge is 2.15. The first-order chi connectivity index (χ1) is 14.2. The van der Waals surface area contributed by atoms with Crippen LogP contribution in [0.1, 0.15) is 21.5 Å². The number of hydrogen-bond donors (Lipinski definition) is 1. The van der Waals surface area contributed by atoms with E-state index < -0.39 is 0 Å². The van der Waals surface area contributed by atoms with E-state index in [1.54, 1.807) is 28.8 Å². The Hall–Kier alpha value is -4.13. The Morgan fingerprint density at radius 1 is 0.931 bits per heavy atom. The highest BCUT2D eigenvalue weighted by Crippen LogP contribution is 2.24. The first-order valence-corrected chi connectivity index (χ1v) is 9.14. The fourth-order valence-corrected chi connectivity index (χ4v) is 3.30. The zero-order valence-electron chi connectivity index (χ0n) is 15.6. The number of benzene rings is 3. The van der Waals surface area contributed by atoms with E-state index in [-0.39, 0.29) is 5.78 Å². The Labute approximate surface area is 166 Å². The van der Waals surface area contributed by atoms with Crippen LogP contribution >= 0.6 is 0 Å². The third kappa shape index (κ3) is 3.08. The van der Waals surface area contributed by atoms with E-state index in [0.29, 0.717) is 33.6 Å². The van der Waals surface area contributed by atoms with Gasteiger partial charge in [-0.2, -0.15) is 4.52 Å². The predicted molar refractivity (Wildman–Crippen MR) is 110 cm³/mol. The van der Waals surface area contributed by atoms with Crippen molar-refractivity contribution in [3.63, 3.8) is 0 Å². The van der Waals surface area contributed by atoms with Gasteiger partial charge in [-0.15, -0.1) is 5.10 Å². The van der Waals surface area contributed by atoms with Crippen LogP contribution in [0, 0.1) is 6.92 Å². The molecule has 0 saturated heterocycles. The molecule has 7 heteroatoms. The van der Waals surface area contributed by atoms with Crippen molar-refractivity contribution in [1.82, 2.24) is 25.0 Å². The van der Waals surface area contributed by atoms with Crippen LogP contribution in [-0.2, 0) is 0 Å². The minimum Gasteiger partial charge on any atom is -0.337 e. The Morgan fingerprint density at radius 3 is 2.62 bits per heavy atom. The molecule has 0 radical (unpaired) electrons. The number of carbonyl (C=O) groups is 1. The predicted octanol–water partition coefficient (Wildman–Crippen LogP) is 3.96. The summed E-state index contributed by atoms with van der Waals surface area (Å²) in [6.07, 6.45) is 0. The number of nitrogens with one attached hydrogen (secondary N) is 1. The molecule has 3 aromatic carbocycles. The van der Waals surface area contributed by atoms with Gasteiger partial charge in [-0.25, -0.2) is 4.98 Å². The lowest BCUT2D eigenvalue weighted by Gasteiger charge is -2.10. The van der Waals surface area contributed by atoms with Crippen molar-refractivity contribution < 1.29 is 4.79 Å². The average Bonchev–Trinajstić information content (AvgIpc) is 3.24. The molecule has 0 fully saturated rings. The van der Waals surface area contributed by atoms with E-state index in [9.17, 15) is 4.79 Å². The van der Waals surface area contributed by atoms with Gasteiger partial charge in [0.25, 0.3) is 0 Å². The molecular formula is C22H16N6O. The first-order valence-electron chi connectivity index (χ1n) is 9.14. The minimum atomic E-state index is -0.0595. The van der Waals surface area contributed by atoms with Crippen LogP contribution in [0.2, 0.25) is 0 Å². The maximum absolute atomic E-state index is 12.8. The normalized spacial score (nSPS) is 11.1. The quantitative estimate of drug-likeness (QED) is 0.475. The maximum Gasteiger partial charge on any atom is 0.222 e. The van der Waals surface area contributed by atoms with Crippen molar-refractivity contribution in [1.29, 1.82) is 0 Å². The second-order valence-electron chi connectivity index (χ2n) is 6.77. The lowest BCUT2D eigenvalue weighted by Crippen LogP contribution is -2.04. The van der Waals surface area contributed by atoms with Gasteiger partial charge in [0.15, 0.2) is 11.6 Å². The number of aromatic nitrogens is 5. The number of tetrazole rings is 1. The molecule has 2 aromatic heterocycles. The molecule has 0 aliphatic heterocycles. The lowest BCUT2D eigenvalue weighted by molar-refractivity contribution is 0.103. The summed E-state index contributed by atoms with van der Waals surface area (Å²) >= 11 is 0.